The van der Waals surface area contributed by atoms with Crippen molar-refractivity contribution in [3.8, 4) is 0 Å². The number of unbranched alkanes of at least 4 members (excludes halogenated alkanes) is 1. The number of rotatable bonds is 7. The SMILES string of the molecule is CCCCNC(=O)Cn1ccc2c(=O)n(CC)c(=O)n(CC)c21. The molecule has 0 unspecified atom stereocenters. The highest BCUT2D eigenvalue weighted by Gasteiger charge is 2.16. The van der Waals surface area contributed by atoms with Crippen molar-refractivity contribution in [1.82, 2.24) is 19.0 Å². The summed E-state index contributed by atoms with van der Waals surface area (Å²) in [4.78, 5) is 36.8. The summed E-state index contributed by atoms with van der Waals surface area (Å²) in [6.45, 7) is 7.19. The Balaban J connectivity index is 2.45. The molecule has 1 amide bonds. The van der Waals surface area contributed by atoms with Gasteiger partial charge in [0.1, 0.15) is 12.2 Å². The standard InChI is InChI=1S/C16H24N4O3/c1-4-7-9-17-13(21)11-18-10-8-12-14(18)19(5-2)16(23)20(6-3)15(12)22/h8,10H,4-7,9,11H2,1-3H3,(H,17,21). The molecule has 0 bridgehead atoms. The van der Waals surface area contributed by atoms with Gasteiger partial charge in [0.2, 0.25) is 5.91 Å². The molecule has 0 atom stereocenters. The number of fused-ring (bicyclic) bond motifs is 1. The zero-order valence-electron chi connectivity index (χ0n) is 14.0. The van der Waals surface area contributed by atoms with E-state index < -0.39 is 0 Å². The van der Waals surface area contributed by atoms with Crippen LogP contribution < -0.4 is 16.6 Å². The number of nitrogens with one attached hydrogen (secondary N) is 1. The fourth-order valence-corrected chi connectivity index (χ4v) is 2.71. The topological polar surface area (TPSA) is 78.0 Å². The highest BCUT2D eigenvalue weighted by Crippen LogP contribution is 2.10. The van der Waals surface area contributed by atoms with Crippen molar-refractivity contribution in [2.75, 3.05) is 6.54 Å². The third-order valence-electron chi connectivity index (χ3n) is 3.93. The fraction of sp³-hybridized carbons (Fsp3) is 0.562. The Bertz CT molecular complexity index is 813. The molecular weight excluding hydrogens is 296 g/mol. The first-order valence-corrected chi connectivity index (χ1v) is 8.14. The van der Waals surface area contributed by atoms with Crippen LogP contribution in [0.5, 0.6) is 0 Å². The van der Waals surface area contributed by atoms with Gasteiger partial charge in [-0.1, -0.05) is 13.3 Å². The van der Waals surface area contributed by atoms with Crippen molar-refractivity contribution in [3.05, 3.63) is 33.1 Å². The summed E-state index contributed by atoms with van der Waals surface area (Å²) >= 11 is 0. The van der Waals surface area contributed by atoms with E-state index in [2.05, 4.69) is 12.2 Å². The molecule has 2 rings (SSSR count). The van der Waals surface area contributed by atoms with Gasteiger partial charge in [0.25, 0.3) is 5.56 Å². The van der Waals surface area contributed by atoms with Crippen LogP contribution in [0.15, 0.2) is 21.9 Å². The van der Waals surface area contributed by atoms with Crippen molar-refractivity contribution in [2.24, 2.45) is 0 Å². The summed E-state index contributed by atoms with van der Waals surface area (Å²) < 4.78 is 4.43. The maximum Gasteiger partial charge on any atom is 0.332 e. The largest absolute Gasteiger partial charge is 0.355 e. The van der Waals surface area contributed by atoms with Crippen LogP contribution in [-0.2, 0) is 24.4 Å². The van der Waals surface area contributed by atoms with Crippen LogP contribution in [0.2, 0.25) is 0 Å². The number of aromatic nitrogens is 3. The number of carbonyl (C=O) groups is 1. The maximum absolute atomic E-state index is 12.4. The van der Waals surface area contributed by atoms with Gasteiger partial charge in [-0.05, 0) is 26.3 Å². The molecule has 126 valence electrons. The summed E-state index contributed by atoms with van der Waals surface area (Å²) in [5, 5.41) is 3.31. The monoisotopic (exact) mass is 320 g/mol. The minimum Gasteiger partial charge on any atom is -0.355 e. The third-order valence-corrected chi connectivity index (χ3v) is 3.93. The molecule has 0 aliphatic carbocycles. The number of aryl methyl sites for hydroxylation is 1. The fourth-order valence-electron chi connectivity index (χ4n) is 2.71. The van der Waals surface area contributed by atoms with Crippen molar-refractivity contribution in [3.63, 3.8) is 0 Å². The van der Waals surface area contributed by atoms with E-state index >= 15 is 0 Å². The second-order valence-electron chi connectivity index (χ2n) is 5.46. The first kappa shape index (κ1) is 17.1. The van der Waals surface area contributed by atoms with Gasteiger partial charge in [0.05, 0.1) is 5.39 Å². The van der Waals surface area contributed by atoms with E-state index in [0.29, 0.717) is 30.7 Å². The molecule has 0 spiro atoms. The van der Waals surface area contributed by atoms with Gasteiger partial charge in [-0.25, -0.2) is 4.79 Å². The number of carbonyl (C=O) groups excluding carboxylic acids is 1. The lowest BCUT2D eigenvalue weighted by Crippen LogP contribution is -2.40. The lowest BCUT2D eigenvalue weighted by atomic mass is 10.3. The summed E-state index contributed by atoms with van der Waals surface area (Å²) in [5.41, 5.74) is -0.126. The van der Waals surface area contributed by atoms with Crippen LogP contribution in [0, 0.1) is 0 Å². The molecule has 0 radical (unpaired) electrons. The van der Waals surface area contributed by atoms with E-state index in [1.807, 2.05) is 6.92 Å². The Morgan fingerprint density at radius 3 is 2.43 bits per heavy atom. The van der Waals surface area contributed by atoms with Gasteiger partial charge >= 0.3 is 5.69 Å². The van der Waals surface area contributed by atoms with Crippen molar-refractivity contribution >= 4 is 16.9 Å². The van der Waals surface area contributed by atoms with Crippen molar-refractivity contribution in [1.29, 1.82) is 0 Å². The Morgan fingerprint density at radius 1 is 1.13 bits per heavy atom. The van der Waals surface area contributed by atoms with Gasteiger partial charge < -0.3 is 9.88 Å². The molecule has 2 heterocycles. The van der Waals surface area contributed by atoms with E-state index in [4.69, 9.17) is 0 Å². The molecule has 2 aromatic rings. The molecule has 7 nitrogen and oxygen atoms in total. The van der Waals surface area contributed by atoms with Gasteiger partial charge in [-0.3, -0.25) is 18.7 Å². The van der Waals surface area contributed by atoms with Crippen LogP contribution in [0.4, 0.5) is 0 Å². The first-order chi connectivity index (χ1) is 11.0. The zero-order valence-corrected chi connectivity index (χ0v) is 14.0. The normalized spacial score (nSPS) is 11.1. The zero-order chi connectivity index (χ0) is 17.0. The van der Waals surface area contributed by atoms with E-state index in [1.54, 1.807) is 28.3 Å². The number of amides is 1. The molecule has 1 N–H and O–H groups in total. The average Bonchev–Trinajstić information content (AvgIpc) is 2.92. The lowest BCUT2D eigenvalue weighted by molar-refractivity contribution is -0.121. The van der Waals surface area contributed by atoms with E-state index in [0.717, 1.165) is 12.8 Å². The van der Waals surface area contributed by atoms with Crippen molar-refractivity contribution < 1.29 is 4.79 Å². The molecule has 0 aliphatic heterocycles. The maximum atomic E-state index is 12.4. The molecule has 7 heteroatoms. The Labute approximate surface area is 134 Å². The summed E-state index contributed by atoms with van der Waals surface area (Å²) in [6.07, 6.45) is 3.63. The molecular formula is C16H24N4O3. The molecule has 2 aromatic heterocycles. The van der Waals surface area contributed by atoms with Crippen LogP contribution in [-0.4, -0.2) is 26.2 Å². The molecule has 0 aromatic carbocycles. The first-order valence-electron chi connectivity index (χ1n) is 8.14. The smallest absolute Gasteiger partial charge is 0.332 e. The second kappa shape index (κ2) is 7.30. The van der Waals surface area contributed by atoms with E-state index in [9.17, 15) is 14.4 Å². The molecule has 0 saturated heterocycles. The average molecular weight is 320 g/mol. The predicted molar refractivity (Wildman–Crippen MR) is 89.7 cm³/mol. The number of hydrogen-bond acceptors (Lipinski definition) is 3. The van der Waals surface area contributed by atoms with Crippen LogP contribution in [0.1, 0.15) is 33.6 Å². The number of hydrogen-bond donors (Lipinski definition) is 1. The Hall–Kier alpha value is -2.31. The highest BCUT2D eigenvalue weighted by molar-refractivity contribution is 5.80. The molecule has 0 aliphatic rings. The summed E-state index contributed by atoms with van der Waals surface area (Å²) in [5.74, 6) is -0.120. The van der Waals surface area contributed by atoms with Crippen LogP contribution in [0.3, 0.4) is 0 Å². The quantitative estimate of drug-likeness (QED) is 0.771. The van der Waals surface area contributed by atoms with Crippen LogP contribution in [0.25, 0.3) is 11.0 Å². The third kappa shape index (κ3) is 3.23. The van der Waals surface area contributed by atoms with Gasteiger partial charge in [-0.15, -0.1) is 0 Å². The summed E-state index contributed by atoms with van der Waals surface area (Å²) in [6, 6.07) is 1.68. The van der Waals surface area contributed by atoms with Crippen LogP contribution >= 0.6 is 0 Å². The summed E-state index contributed by atoms with van der Waals surface area (Å²) in [7, 11) is 0. The molecule has 23 heavy (non-hydrogen) atoms. The van der Waals surface area contributed by atoms with E-state index in [-0.39, 0.29) is 23.7 Å². The Kier molecular flexibility index (Phi) is 5.41. The molecule has 0 saturated carbocycles. The van der Waals surface area contributed by atoms with E-state index in [1.165, 1.54) is 4.57 Å². The lowest BCUT2D eigenvalue weighted by Gasteiger charge is -2.13. The molecule has 0 fully saturated rings. The second-order valence-corrected chi connectivity index (χ2v) is 5.46. The minimum atomic E-state index is -0.334. The van der Waals surface area contributed by atoms with Gasteiger partial charge in [0, 0.05) is 25.8 Å². The van der Waals surface area contributed by atoms with Gasteiger partial charge in [0.15, 0.2) is 0 Å². The predicted octanol–water partition coefficient (Wildman–Crippen LogP) is 0.921. The Morgan fingerprint density at radius 2 is 1.83 bits per heavy atom. The van der Waals surface area contributed by atoms with Gasteiger partial charge in [-0.2, -0.15) is 0 Å². The van der Waals surface area contributed by atoms with Crippen molar-refractivity contribution in [2.45, 2.75) is 53.2 Å². The number of nitrogens with zero attached hydrogens (tertiary/aromatic N) is 3. The minimum absolute atomic E-state index is 0.0994. The highest BCUT2D eigenvalue weighted by atomic mass is 16.2.